The summed E-state index contributed by atoms with van der Waals surface area (Å²) in [4.78, 5) is 2.42. The van der Waals surface area contributed by atoms with Gasteiger partial charge in [-0.05, 0) is 26.7 Å². The summed E-state index contributed by atoms with van der Waals surface area (Å²) in [5.74, 6) is 0. The molecule has 0 bridgehead atoms. The van der Waals surface area contributed by atoms with E-state index in [2.05, 4.69) is 28.8 Å². The average Bonchev–Trinajstić information content (AvgIpc) is 2.16. The van der Waals surface area contributed by atoms with Crippen molar-refractivity contribution in [3.8, 4) is 0 Å². The van der Waals surface area contributed by atoms with Crippen molar-refractivity contribution >= 4 is 0 Å². The van der Waals surface area contributed by atoms with E-state index in [0.717, 1.165) is 6.54 Å². The third-order valence-corrected chi connectivity index (χ3v) is 3.30. The Balaban J connectivity index is 2.05. The lowest BCUT2D eigenvalue weighted by molar-refractivity contribution is -0.323. The van der Waals surface area contributed by atoms with E-state index < -0.39 is 6.36 Å². The van der Waals surface area contributed by atoms with Crippen molar-refractivity contribution in [3.63, 3.8) is 0 Å². The Hall–Kier alpha value is -0.330. The van der Waals surface area contributed by atoms with Crippen LogP contribution < -0.4 is 5.32 Å². The normalized spacial score (nSPS) is 17.5. The third kappa shape index (κ3) is 6.02. The van der Waals surface area contributed by atoms with Crippen LogP contribution in [-0.2, 0) is 4.74 Å². The van der Waals surface area contributed by atoms with Crippen molar-refractivity contribution in [3.05, 3.63) is 0 Å². The zero-order chi connectivity index (χ0) is 13.6. The highest BCUT2D eigenvalue weighted by molar-refractivity contribution is 4.82. The standard InChI is InChI=1S/C12H23F3N2O/c1-10(2)17(11-4-3-5-11)8-6-16-7-9-18-12(13,14)15/h10-11,16H,3-9H2,1-2H3. The Bertz CT molecular complexity index is 230. The van der Waals surface area contributed by atoms with Crippen LogP contribution in [0.3, 0.4) is 0 Å². The van der Waals surface area contributed by atoms with Crippen LogP contribution in [0.1, 0.15) is 33.1 Å². The largest absolute Gasteiger partial charge is 0.522 e. The Morgan fingerprint density at radius 2 is 1.94 bits per heavy atom. The van der Waals surface area contributed by atoms with Gasteiger partial charge in [0.25, 0.3) is 0 Å². The van der Waals surface area contributed by atoms with E-state index in [9.17, 15) is 13.2 Å². The first-order chi connectivity index (χ1) is 8.40. The maximum Gasteiger partial charge on any atom is 0.522 e. The number of hydrogen-bond donors (Lipinski definition) is 1. The summed E-state index contributed by atoms with van der Waals surface area (Å²) in [7, 11) is 0. The van der Waals surface area contributed by atoms with Crippen LogP contribution in [-0.4, -0.2) is 49.6 Å². The maximum absolute atomic E-state index is 11.7. The average molecular weight is 268 g/mol. The van der Waals surface area contributed by atoms with Crippen LogP contribution in [0.5, 0.6) is 0 Å². The molecule has 0 amide bonds. The van der Waals surface area contributed by atoms with E-state index in [-0.39, 0.29) is 13.2 Å². The van der Waals surface area contributed by atoms with Gasteiger partial charge in [-0.15, -0.1) is 13.2 Å². The van der Waals surface area contributed by atoms with Crippen molar-refractivity contribution in [2.24, 2.45) is 0 Å². The van der Waals surface area contributed by atoms with Crippen molar-refractivity contribution in [1.29, 1.82) is 0 Å². The third-order valence-electron chi connectivity index (χ3n) is 3.30. The van der Waals surface area contributed by atoms with Gasteiger partial charge in [0.05, 0.1) is 6.61 Å². The van der Waals surface area contributed by atoms with E-state index >= 15 is 0 Å². The van der Waals surface area contributed by atoms with Crippen molar-refractivity contribution < 1.29 is 17.9 Å². The number of halogens is 3. The van der Waals surface area contributed by atoms with Crippen LogP contribution in [0, 0.1) is 0 Å². The SMILES string of the molecule is CC(C)N(CCNCCOC(F)(F)F)C1CCC1. The first kappa shape index (κ1) is 15.7. The molecule has 0 aromatic carbocycles. The van der Waals surface area contributed by atoms with E-state index in [0.29, 0.717) is 18.6 Å². The molecule has 108 valence electrons. The molecule has 18 heavy (non-hydrogen) atoms. The van der Waals surface area contributed by atoms with E-state index in [1.54, 1.807) is 0 Å². The molecule has 0 spiro atoms. The maximum atomic E-state index is 11.7. The molecule has 0 aromatic rings. The predicted octanol–water partition coefficient (Wildman–Crippen LogP) is 2.38. The van der Waals surface area contributed by atoms with E-state index in [1.807, 2.05) is 0 Å². The molecule has 0 aromatic heterocycles. The lowest BCUT2D eigenvalue weighted by Gasteiger charge is -2.40. The smallest absolute Gasteiger partial charge is 0.313 e. The van der Waals surface area contributed by atoms with Gasteiger partial charge < -0.3 is 5.32 Å². The van der Waals surface area contributed by atoms with Gasteiger partial charge >= 0.3 is 6.36 Å². The highest BCUT2D eigenvalue weighted by Gasteiger charge is 2.28. The quantitative estimate of drug-likeness (QED) is 0.684. The Labute approximate surface area is 107 Å². The monoisotopic (exact) mass is 268 g/mol. The molecule has 3 nitrogen and oxygen atoms in total. The van der Waals surface area contributed by atoms with Crippen molar-refractivity contribution in [1.82, 2.24) is 10.2 Å². The van der Waals surface area contributed by atoms with Gasteiger partial charge in [-0.2, -0.15) is 0 Å². The van der Waals surface area contributed by atoms with Crippen molar-refractivity contribution in [2.75, 3.05) is 26.2 Å². The van der Waals surface area contributed by atoms with Crippen LogP contribution in [0.25, 0.3) is 0 Å². The molecule has 1 fully saturated rings. The molecule has 0 radical (unpaired) electrons. The Kier molecular flexibility index (Phi) is 6.38. The molecule has 1 saturated carbocycles. The summed E-state index contributed by atoms with van der Waals surface area (Å²) < 4.78 is 38.8. The zero-order valence-electron chi connectivity index (χ0n) is 11.1. The number of nitrogens with one attached hydrogen (secondary N) is 1. The lowest BCUT2D eigenvalue weighted by atomic mass is 9.90. The summed E-state index contributed by atoms with van der Waals surface area (Å²) in [5, 5.41) is 2.98. The molecule has 1 aliphatic rings. The molecule has 1 N–H and O–H groups in total. The number of ether oxygens (including phenoxy) is 1. The van der Waals surface area contributed by atoms with Gasteiger partial charge in [0.1, 0.15) is 0 Å². The molecular formula is C12H23F3N2O. The van der Waals surface area contributed by atoms with Crippen LogP contribution in [0.15, 0.2) is 0 Å². The van der Waals surface area contributed by atoms with Crippen molar-refractivity contribution in [2.45, 2.75) is 51.6 Å². The molecule has 6 heteroatoms. The molecule has 0 atom stereocenters. The molecule has 0 unspecified atom stereocenters. The second-order valence-electron chi connectivity index (χ2n) is 4.96. The van der Waals surface area contributed by atoms with Crippen LogP contribution >= 0.6 is 0 Å². The second kappa shape index (κ2) is 7.31. The fraction of sp³-hybridized carbons (Fsp3) is 1.00. The number of nitrogens with zero attached hydrogens (tertiary/aromatic N) is 1. The molecule has 0 heterocycles. The Morgan fingerprint density at radius 3 is 2.39 bits per heavy atom. The molecule has 1 aliphatic carbocycles. The summed E-state index contributed by atoms with van der Waals surface area (Å²) in [5.41, 5.74) is 0. The van der Waals surface area contributed by atoms with Gasteiger partial charge in [0.15, 0.2) is 0 Å². The minimum atomic E-state index is -4.52. The van der Waals surface area contributed by atoms with E-state index in [1.165, 1.54) is 19.3 Å². The highest BCUT2D eigenvalue weighted by Crippen LogP contribution is 2.25. The first-order valence-corrected chi connectivity index (χ1v) is 6.57. The zero-order valence-corrected chi connectivity index (χ0v) is 11.1. The predicted molar refractivity (Wildman–Crippen MR) is 64.4 cm³/mol. The highest BCUT2D eigenvalue weighted by atomic mass is 19.4. The second-order valence-corrected chi connectivity index (χ2v) is 4.96. The minimum absolute atomic E-state index is 0.232. The molecule has 1 rings (SSSR count). The minimum Gasteiger partial charge on any atom is -0.313 e. The summed E-state index contributed by atoms with van der Waals surface area (Å²) in [6.07, 6.45) is -0.733. The summed E-state index contributed by atoms with van der Waals surface area (Å²) in [6.45, 7) is 5.81. The molecular weight excluding hydrogens is 245 g/mol. The molecule has 0 saturated heterocycles. The Morgan fingerprint density at radius 1 is 1.28 bits per heavy atom. The number of rotatable bonds is 8. The summed E-state index contributed by atoms with van der Waals surface area (Å²) in [6, 6.07) is 1.15. The molecule has 0 aliphatic heterocycles. The van der Waals surface area contributed by atoms with Gasteiger partial charge in [-0.25, -0.2) is 0 Å². The fourth-order valence-corrected chi connectivity index (χ4v) is 2.15. The van der Waals surface area contributed by atoms with Gasteiger partial charge in [-0.1, -0.05) is 6.42 Å². The van der Waals surface area contributed by atoms with Gasteiger partial charge in [0.2, 0.25) is 0 Å². The topological polar surface area (TPSA) is 24.5 Å². The first-order valence-electron chi connectivity index (χ1n) is 6.57. The number of alkyl halides is 3. The van der Waals surface area contributed by atoms with Crippen LogP contribution in [0.4, 0.5) is 13.2 Å². The van der Waals surface area contributed by atoms with Gasteiger partial charge in [-0.3, -0.25) is 9.64 Å². The number of hydrogen-bond acceptors (Lipinski definition) is 3. The van der Waals surface area contributed by atoms with E-state index in [4.69, 9.17) is 0 Å². The lowest BCUT2D eigenvalue weighted by Crippen LogP contribution is -2.47. The summed E-state index contributed by atoms with van der Waals surface area (Å²) >= 11 is 0. The van der Waals surface area contributed by atoms with Gasteiger partial charge in [0, 0.05) is 31.7 Å². The van der Waals surface area contributed by atoms with Crippen LogP contribution in [0.2, 0.25) is 0 Å². The fourth-order valence-electron chi connectivity index (χ4n) is 2.15.